The molecule has 5 heteroatoms. The molecule has 0 radical (unpaired) electrons. The summed E-state index contributed by atoms with van der Waals surface area (Å²) in [7, 11) is 0. The maximum atomic E-state index is 10.2. The van der Waals surface area contributed by atoms with Gasteiger partial charge in [-0.3, -0.25) is 0 Å². The normalized spacial score (nSPS) is 9.11. The Hall–Kier alpha value is -0.650. The molecular weight excluding hydrogens is 124 g/mol. The van der Waals surface area contributed by atoms with Crippen molar-refractivity contribution >= 4 is 5.97 Å². The van der Waals surface area contributed by atoms with Crippen molar-refractivity contribution in [1.82, 2.24) is 5.48 Å². The van der Waals surface area contributed by atoms with Gasteiger partial charge in [0.05, 0.1) is 6.61 Å². The molecule has 0 saturated carbocycles. The van der Waals surface area contributed by atoms with Crippen LogP contribution in [-0.4, -0.2) is 19.1 Å². The van der Waals surface area contributed by atoms with Gasteiger partial charge in [-0.25, -0.2) is 4.79 Å². The van der Waals surface area contributed by atoms with Crippen molar-refractivity contribution in [3.05, 3.63) is 0 Å². The average molecular weight is 134 g/mol. The van der Waals surface area contributed by atoms with Crippen molar-refractivity contribution in [2.45, 2.75) is 6.92 Å². The molecule has 3 N–H and O–H groups in total. The van der Waals surface area contributed by atoms with E-state index in [0.29, 0.717) is 6.61 Å². The minimum atomic E-state index is -0.552. The van der Waals surface area contributed by atoms with Gasteiger partial charge in [0.1, 0.15) is 6.54 Å². The molecule has 0 fully saturated rings. The molecule has 5 nitrogen and oxygen atoms in total. The lowest BCUT2D eigenvalue weighted by atomic mass is 10.7. The first kappa shape index (κ1) is 8.35. The summed E-state index contributed by atoms with van der Waals surface area (Å²) in [5, 5.41) is 0. The third kappa shape index (κ3) is 5.22. The molecule has 0 heterocycles. The van der Waals surface area contributed by atoms with Crippen LogP contribution >= 0.6 is 0 Å². The second-order valence-corrected chi connectivity index (χ2v) is 1.24. The fourth-order valence-corrected chi connectivity index (χ4v) is 0.254. The van der Waals surface area contributed by atoms with E-state index >= 15 is 0 Å². The average Bonchev–Trinajstić information content (AvgIpc) is 1.89. The van der Waals surface area contributed by atoms with Crippen LogP contribution in [0.5, 0.6) is 0 Å². The van der Waals surface area contributed by atoms with Crippen LogP contribution < -0.4 is 11.4 Å². The highest BCUT2D eigenvalue weighted by Crippen LogP contribution is 1.67. The Balaban J connectivity index is 2.97. The molecule has 0 spiro atoms. The quantitative estimate of drug-likeness (QED) is 0.379. The van der Waals surface area contributed by atoms with Gasteiger partial charge in [0.25, 0.3) is 0 Å². The van der Waals surface area contributed by atoms with Gasteiger partial charge in [-0.2, -0.15) is 11.4 Å². The van der Waals surface area contributed by atoms with E-state index < -0.39 is 5.97 Å². The van der Waals surface area contributed by atoms with Crippen molar-refractivity contribution < 1.29 is 14.5 Å². The Labute approximate surface area is 53.0 Å². The van der Waals surface area contributed by atoms with Crippen molar-refractivity contribution in [3.63, 3.8) is 0 Å². The molecule has 54 valence electrons. The number of hydrogen-bond donors (Lipinski definition) is 2. The third-order valence-corrected chi connectivity index (χ3v) is 0.594. The van der Waals surface area contributed by atoms with Crippen LogP contribution in [0.2, 0.25) is 0 Å². The largest absolute Gasteiger partial charge is 0.372 e. The standard InChI is InChI=1S/C4H10N2O3/c1-2-8-6-3-4(7)9-5/h6H,2-3,5H2,1H3. The summed E-state index contributed by atoms with van der Waals surface area (Å²) in [5.74, 6) is 3.96. The zero-order valence-electron chi connectivity index (χ0n) is 5.22. The zero-order chi connectivity index (χ0) is 7.11. The predicted octanol–water partition coefficient (Wildman–Crippen LogP) is -1.06. The van der Waals surface area contributed by atoms with Crippen LogP contribution in [-0.2, 0) is 14.5 Å². The van der Waals surface area contributed by atoms with Crippen LogP contribution in [0.15, 0.2) is 0 Å². The molecule has 9 heavy (non-hydrogen) atoms. The summed E-state index contributed by atoms with van der Waals surface area (Å²) in [6.45, 7) is 2.27. The molecule has 0 amide bonds. The second-order valence-electron chi connectivity index (χ2n) is 1.24. The fourth-order valence-electron chi connectivity index (χ4n) is 0.254. The van der Waals surface area contributed by atoms with Crippen molar-refractivity contribution in [3.8, 4) is 0 Å². The Morgan fingerprint density at radius 1 is 1.78 bits per heavy atom. The Bertz CT molecular complexity index is 85.9. The Morgan fingerprint density at radius 2 is 2.44 bits per heavy atom. The van der Waals surface area contributed by atoms with E-state index in [9.17, 15) is 4.79 Å². The summed E-state index contributed by atoms with van der Waals surface area (Å²) >= 11 is 0. The maximum Gasteiger partial charge on any atom is 0.340 e. The molecular formula is C4H10N2O3. The van der Waals surface area contributed by atoms with E-state index in [1.54, 1.807) is 6.92 Å². The Kier molecular flexibility index (Phi) is 5.09. The maximum absolute atomic E-state index is 10.2. The first-order valence-corrected chi connectivity index (χ1v) is 2.55. The molecule has 0 aromatic carbocycles. The number of nitrogens with one attached hydrogen (secondary N) is 1. The highest BCUT2D eigenvalue weighted by atomic mass is 16.7. The molecule has 0 rings (SSSR count). The van der Waals surface area contributed by atoms with Gasteiger partial charge >= 0.3 is 5.97 Å². The molecule has 0 aliphatic rings. The number of carbonyl (C=O) groups is 1. The first-order valence-electron chi connectivity index (χ1n) is 2.55. The van der Waals surface area contributed by atoms with Crippen molar-refractivity contribution in [2.24, 2.45) is 5.90 Å². The van der Waals surface area contributed by atoms with Gasteiger partial charge in [0.2, 0.25) is 0 Å². The van der Waals surface area contributed by atoms with E-state index in [0.717, 1.165) is 0 Å². The van der Waals surface area contributed by atoms with Crippen LogP contribution in [0.25, 0.3) is 0 Å². The predicted molar refractivity (Wildman–Crippen MR) is 29.9 cm³/mol. The molecule has 0 unspecified atom stereocenters. The lowest BCUT2D eigenvalue weighted by molar-refractivity contribution is -0.145. The molecule has 0 atom stereocenters. The summed E-state index contributed by atoms with van der Waals surface area (Å²) in [6.07, 6.45) is 0. The number of carbonyl (C=O) groups excluding carboxylic acids is 1. The molecule has 0 aromatic rings. The lowest BCUT2D eigenvalue weighted by Crippen LogP contribution is -2.26. The van der Waals surface area contributed by atoms with Crippen molar-refractivity contribution in [1.29, 1.82) is 0 Å². The third-order valence-electron chi connectivity index (χ3n) is 0.594. The summed E-state index contributed by atoms with van der Waals surface area (Å²) in [4.78, 5) is 18.6. The number of nitrogens with two attached hydrogens (primary N) is 1. The summed E-state index contributed by atoms with van der Waals surface area (Å²) in [5.41, 5.74) is 2.33. The minimum Gasteiger partial charge on any atom is -0.372 e. The van der Waals surface area contributed by atoms with Gasteiger partial charge in [-0.1, -0.05) is 0 Å². The zero-order valence-corrected chi connectivity index (χ0v) is 5.22. The van der Waals surface area contributed by atoms with Gasteiger partial charge in [0, 0.05) is 0 Å². The van der Waals surface area contributed by atoms with E-state index in [1.165, 1.54) is 0 Å². The molecule has 0 bridgehead atoms. The topological polar surface area (TPSA) is 73.6 Å². The van der Waals surface area contributed by atoms with Gasteiger partial charge in [-0.05, 0) is 6.92 Å². The highest BCUT2D eigenvalue weighted by Gasteiger charge is 1.96. The molecule has 0 saturated heterocycles. The van der Waals surface area contributed by atoms with Gasteiger partial charge in [-0.15, -0.1) is 0 Å². The van der Waals surface area contributed by atoms with E-state index in [-0.39, 0.29) is 6.54 Å². The first-order chi connectivity index (χ1) is 4.31. The van der Waals surface area contributed by atoms with Gasteiger partial charge in [0.15, 0.2) is 0 Å². The van der Waals surface area contributed by atoms with E-state index in [1.807, 2.05) is 0 Å². The summed E-state index contributed by atoms with van der Waals surface area (Å²) in [6, 6.07) is 0. The van der Waals surface area contributed by atoms with E-state index in [4.69, 9.17) is 0 Å². The molecule has 0 aliphatic heterocycles. The van der Waals surface area contributed by atoms with Crippen LogP contribution in [0.1, 0.15) is 6.92 Å². The number of hydrogen-bond acceptors (Lipinski definition) is 5. The molecule has 0 aromatic heterocycles. The van der Waals surface area contributed by atoms with Crippen LogP contribution in [0, 0.1) is 0 Å². The highest BCUT2D eigenvalue weighted by molar-refractivity contribution is 5.70. The number of hydroxylamine groups is 1. The SMILES string of the molecule is CCONCC(=O)ON. The number of rotatable bonds is 4. The fraction of sp³-hybridized carbons (Fsp3) is 0.750. The molecule has 0 aliphatic carbocycles. The summed E-state index contributed by atoms with van der Waals surface area (Å²) < 4.78 is 0. The lowest BCUT2D eigenvalue weighted by Gasteiger charge is -1.99. The van der Waals surface area contributed by atoms with Crippen LogP contribution in [0.3, 0.4) is 0 Å². The minimum absolute atomic E-state index is 0.0235. The monoisotopic (exact) mass is 134 g/mol. The van der Waals surface area contributed by atoms with E-state index in [2.05, 4.69) is 21.1 Å². The van der Waals surface area contributed by atoms with Crippen molar-refractivity contribution in [2.75, 3.05) is 13.2 Å². The Morgan fingerprint density at radius 3 is 2.89 bits per heavy atom. The smallest absolute Gasteiger partial charge is 0.340 e. The second kappa shape index (κ2) is 5.49. The van der Waals surface area contributed by atoms with Crippen LogP contribution in [0.4, 0.5) is 0 Å². The van der Waals surface area contributed by atoms with Gasteiger partial charge < -0.3 is 9.68 Å².